The maximum Gasteiger partial charge on any atom is 0.412 e. The maximum absolute atomic E-state index is 10.8. The lowest BCUT2D eigenvalue weighted by Gasteiger charge is -1.97. The van der Waals surface area contributed by atoms with Crippen LogP contribution in [0.3, 0.4) is 0 Å². The second-order valence-corrected chi connectivity index (χ2v) is 2.12. The van der Waals surface area contributed by atoms with Crippen LogP contribution in [0.15, 0.2) is 24.3 Å². The number of primary amides is 1. The molecule has 0 aliphatic carbocycles. The van der Waals surface area contributed by atoms with E-state index < -0.39 is 12.1 Å². The van der Waals surface area contributed by atoms with Crippen LogP contribution in [0.2, 0.25) is 0 Å². The summed E-state index contributed by atoms with van der Waals surface area (Å²) in [5, 5.41) is 0. The second-order valence-electron chi connectivity index (χ2n) is 2.12. The van der Waals surface area contributed by atoms with Crippen LogP contribution in [0.4, 0.5) is 4.79 Å². The first kappa shape index (κ1) is 10.4. The summed E-state index contributed by atoms with van der Waals surface area (Å²) in [4.78, 5) is 21.0. The van der Waals surface area contributed by atoms with Gasteiger partial charge in [0.05, 0.1) is 0 Å². The topological polar surface area (TPSA) is 69.4 Å². The molecule has 0 aromatic carbocycles. The predicted octanol–water partition coefficient (Wildman–Crippen LogP) is 1.13. The van der Waals surface area contributed by atoms with E-state index in [4.69, 9.17) is 0 Å². The van der Waals surface area contributed by atoms with Gasteiger partial charge in [0.1, 0.15) is 0 Å². The normalized spacial score (nSPS) is 10.6. The molecule has 0 atom stereocenters. The number of esters is 1. The van der Waals surface area contributed by atoms with Gasteiger partial charge in [0, 0.05) is 5.57 Å². The van der Waals surface area contributed by atoms with E-state index >= 15 is 0 Å². The van der Waals surface area contributed by atoms with Crippen LogP contribution in [-0.4, -0.2) is 12.1 Å². The maximum atomic E-state index is 10.8. The summed E-state index contributed by atoms with van der Waals surface area (Å²) < 4.78 is 4.11. The minimum atomic E-state index is -1.09. The second kappa shape index (κ2) is 5.12. The summed E-state index contributed by atoms with van der Waals surface area (Å²) in [5.41, 5.74) is 4.97. The Balaban J connectivity index is 4.09. The van der Waals surface area contributed by atoms with Crippen LogP contribution in [-0.2, 0) is 9.53 Å². The average molecular weight is 169 g/mol. The van der Waals surface area contributed by atoms with Crippen molar-refractivity contribution in [2.24, 2.45) is 5.73 Å². The number of amides is 1. The average Bonchev–Trinajstić information content (AvgIpc) is 1.98. The highest BCUT2D eigenvalue weighted by Crippen LogP contribution is 1.98. The van der Waals surface area contributed by atoms with E-state index in [1.165, 1.54) is 6.92 Å². The Morgan fingerprint density at radius 3 is 2.58 bits per heavy atom. The molecule has 0 aliphatic heterocycles. The Kier molecular flexibility index (Phi) is 4.45. The van der Waals surface area contributed by atoms with E-state index in [1.54, 1.807) is 12.2 Å². The molecule has 0 rings (SSSR count). The van der Waals surface area contributed by atoms with Crippen molar-refractivity contribution in [3.63, 3.8) is 0 Å². The molecule has 0 saturated carbocycles. The summed E-state index contributed by atoms with van der Waals surface area (Å²) >= 11 is 0. The van der Waals surface area contributed by atoms with Crippen molar-refractivity contribution in [1.82, 2.24) is 0 Å². The van der Waals surface area contributed by atoms with Crippen LogP contribution >= 0.6 is 0 Å². The number of ether oxygens (including phenoxy) is 1. The summed E-state index contributed by atoms with van der Waals surface area (Å²) in [6.07, 6.45) is 2.69. The van der Waals surface area contributed by atoms with Crippen LogP contribution in [0.25, 0.3) is 0 Å². The monoisotopic (exact) mass is 169 g/mol. The lowest BCUT2D eigenvalue weighted by atomic mass is 10.2. The summed E-state index contributed by atoms with van der Waals surface area (Å²) in [6, 6.07) is 0. The van der Waals surface area contributed by atoms with Crippen LogP contribution in [0, 0.1) is 0 Å². The zero-order valence-corrected chi connectivity index (χ0v) is 6.87. The molecule has 0 radical (unpaired) electrons. The number of nitrogens with two attached hydrogens (primary N) is 1. The van der Waals surface area contributed by atoms with Gasteiger partial charge in [0.15, 0.2) is 0 Å². The zero-order chi connectivity index (χ0) is 9.56. The fourth-order valence-electron chi connectivity index (χ4n) is 0.515. The lowest BCUT2D eigenvalue weighted by molar-refractivity contribution is -0.132. The highest BCUT2D eigenvalue weighted by Gasteiger charge is 2.07. The summed E-state index contributed by atoms with van der Waals surface area (Å²) in [7, 11) is 0. The smallest absolute Gasteiger partial charge is 0.373 e. The Morgan fingerprint density at radius 1 is 1.58 bits per heavy atom. The minimum absolute atomic E-state index is 0.341. The molecule has 0 saturated heterocycles. The largest absolute Gasteiger partial charge is 0.412 e. The first-order valence-electron chi connectivity index (χ1n) is 3.37. The van der Waals surface area contributed by atoms with Crippen molar-refractivity contribution >= 4 is 12.1 Å². The van der Waals surface area contributed by atoms with Gasteiger partial charge in [-0.05, 0) is 13.3 Å². The van der Waals surface area contributed by atoms with E-state index in [9.17, 15) is 9.59 Å². The third kappa shape index (κ3) is 4.27. The standard InChI is InChI=1S/C8H11NO3/c1-3-4-5-6(2)7(10)12-8(9)11/h3,5H,1,4H2,2H3,(H2,9,11). The fourth-order valence-corrected chi connectivity index (χ4v) is 0.515. The molecular formula is C8H11NO3. The molecule has 2 N–H and O–H groups in total. The van der Waals surface area contributed by atoms with Crippen molar-refractivity contribution in [3.05, 3.63) is 24.3 Å². The van der Waals surface area contributed by atoms with Crippen molar-refractivity contribution in [3.8, 4) is 0 Å². The Morgan fingerprint density at radius 2 is 2.17 bits per heavy atom. The molecule has 0 fully saturated rings. The quantitative estimate of drug-likeness (QED) is 0.298. The van der Waals surface area contributed by atoms with Gasteiger partial charge in [-0.2, -0.15) is 0 Å². The van der Waals surface area contributed by atoms with Gasteiger partial charge in [-0.15, -0.1) is 6.58 Å². The lowest BCUT2D eigenvalue weighted by Crippen LogP contribution is -2.18. The van der Waals surface area contributed by atoms with Crippen molar-refractivity contribution < 1.29 is 14.3 Å². The Hall–Kier alpha value is -1.58. The SMILES string of the molecule is C=CCC=C(C)C(=O)OC(N)=O. The van der Waals surface area contributed by atoms with Gasteiger partial charge >= 0.3 is 12.1 Å². The minimum Gasteiger partial charge on any atom is -0.373 e. The Labute approximate surface area is 70.7 Å². The molecular weight excluding hydrogens is 158 g/mol. The molecule has 1 amide bonds. The van der Waals surface area contributed by atoms with Gasteiger partial charge in [-0.1, -0.05) is 12.2 Å². The number of carbonyl (C=O) groups excluding carboxylic acids is 2. The van der Waals surface area contributed by atoms with E-state index in [1.807, 2.05) is 0 Å². The van der Waals surface area contributed by atoms with E-state index in [0.29, 0.717) is 12.0 Å². The van der Waals surface area contributed by atoms with Gasteiger partial charge < -0.3 is 10.5 Å². The van der Waals surface area contributed by atoms with Crippen molar-refractivity contribution in [2.75, 3.05) is 0 Å². The third-order valence-corrected chi connectivity index (χ3v) is 1.11. The first-order valence-corrected chi connectivity index (χ1v) is 3.37. The fraction of sp³-hybridized carbons (Fsp3) is 0.250. The van der Waals surface area contributed by atoms with Gasteiger partial charge in [-0.25, -0.2) is 9.59 Å². The molecule has 0 unspecified atom stereocenters. The predicted molar refractivity (Wildman–Crippen MR) is 44.2 cm³/mol. The molecule has 0 heterocycles. The van der Waals surface area contributed by atoms with Crippen LogP contribution < -0.4 is 5.73 Å². The highest BCUT2D eigenvalue weighted by atomic mass is 16.6. The third-order valence-electron chi connectivity index (χ3n) is 1.11. The van der Waals surface area contributed by atoms with Gasteiger partial charge in [0.2, 0.25) is 0 Å². The Bertz CT molecular complexity index is 230. The van der Waals surface area contributed by atoms with Crippen LogP contribution in [0.5, 0.6) is 0 Å². The molecule has 4 heteroatoms. The van der Waals surface area contributed by atoms with E-state index in [0.717, 1.165) is 0 Å². The van der Waals surface area contributed by atoms with Gasteiger partial charge in [-0.3, -0.25) is 0 Å². The molecule has 12 heavy (non-hydrogen) atoms. The first-order chi connectivity index (χ1) is 5.57. The molecule has 0 bridgehead atoms. The number of carbonyl (C=O) groups is 2. The molecule has 0 aliphatic rings. The summed E-state index contributed by atoms with van der Waals surface area (Å²) in [6.45, 7) is 5.00. The van der Waals surface area contributed by atoms with E-state index in [-0.39, 0.29) is 0 Å². The number of allylic oxidation sites excluding steroid dienone is 2. The van der Waals surface area contributed by atoms with Gasteiger partial charge in [0.25, 0.3) is 0 Å². The van der Waals surface area contributed by atoms with Crippen LogP contribution in [0.1, 0.15) is 13.3 Å². The molecule has 0 spiro atoms. The number of rotatable bonds is 3. The number of hydrogen-bond acceptors (Lipinski definition) is 3. The van der Waals surface area contributed by atoms with E-state index in [2.05, 4.69) is 17.0 Å². The number of hydrogen-bond donors (Lipinski definition) is 1. The van der Waals surface area contributed by atoms with Crippen molar-refractivity contribution in [2.45, 2.75) is 13.3 Å². The zero-order valence-electron chi connectivity index (χ0n) is 6.87. The summed E-state index contributed by atoms with van der Waals surface area (Å²) in [5.74, 6) is -0.718. The molecule has 66 valence electrons. The molecule has 0 aromatic rings. The highest BCUT2D eigenvalue weighted by molar-refractivity contribution is 5.94. The molecule has 4 nitrogen and oxygen atoms in total. The van der Waals surface area contributed by atoms with Crippen molar-refractivity contribution in [1.29, 1.82) is 0 Å². The molecule has 0 aromatic heterocycles.